The van der Waals surface area contributed by atoms with Crippen molar-refractivity contribution < 1.29 is 17.7 Å². The third-order valence-corrected chi connectivity index (χ3v) is 4.57. The SMILES string of the molecule is Cc1oncc1NS(=O)(=O)c1cnn2c1OCC(C)(C)C2. The highest BCUT2D eigenvalue weighted by Gasteiger charge is 2.33. The van der Waals surface area contributed by atoms with Crippen LogP contribution < -0.4 is 9.46 Å². The van der Waals surface area contributed by atoms with E-state index in [0.29, 0.717) is 24.6 Å². The summed E-state index contributed by atoms with van der Waals surface area (Å²) in [5.74, 6) is 0.651. The molecule has 0 saturated carbocycles. The van der Waals surface area contributed by atoms with Crippen LogP contribution in [0.1, 0.15) is 19.6 Å². The molecule has 0 aliphatic carbocycles. The maximum absolute atomic E-state index is 12.4. The van der Waals surface area contributed by atoms with Gasteiger partial charge < -0.3 is 9.26 Å². The van der Waals surface area contributed by atoms with Crippen molar-refractivity contribution in [3.63, 3.8) is 0 Å². The number of hydrogen-bond acceptors (Lipinski definition) is 6. The molecule has 3 rings (SSSR count). The fraction of sp³-hybridized carbons (Fsp3) is 0.500. The van der Waals surface area contributed by atoms with Gasteiger partial charge in [-0.25, -0.2) is 13.1 Å². The molecule has 0 aromatic carbocycles. The standard InChI is InChI=1S/C12H16N4O4S/c1-8-9(4-14-20-8)15-21(17,18)10-5-13-16-6-12(2,3)7-19-11(10)16/h4-5,15H,6-7H2,1-3H3. The Hall–Kier alpha value is -2.03. The normalized spacial score (nSPS) is 17.1. The zero-order valence-corrected chi connectivity index (χ0v) is 12.8. The van der Waals surface area contributed by atoms with E-state index in [1.807, 2.05) is 13.8 Å². The number of aromatic nitrogens is 3. The lowest BCUT2D eigenvalue weighted by atomic mass is 9.94. The van der Waals surface area contributed by atoms with Crippen LogP contribution in [0.4, 0.5) is 5.69 Å². The van der Waals surface area contributed by atoms with Gasteiger partial charge in [-0.15, -0.1) is 0 Å². The summed E-state index contributed by atoms with van der Waals surface area (Å²) in [5.41, 5.74) is 0.213. The minimum Gasteiger partial charge on any atom is -0.476 e. The van der Waals surface area contributed by atoms with Gasteiger partial charge in [-0.05, 0) is 6.92 Å². The quantitative estimate of drug-likeness (QED) is 0.919. The van der Waals surface area contributed by atoms with Crippen molar-refractivity contribution in [3.8, 4) is 5.88 Å². The van der Waals surface area contributed by atoms with Gasteiger partial charge in [0.25, 0.3) is 10.0 Å². The van der Waals surface area contributed by atoms with Gasteiger partial charge in [0.05, 0.1) is 25.5 Å². The summed E-state index contributed by atoms with van der Waals surface area (Å²) in [5, 5.41) is 7.64. The summed E-state index contributed by atoms with van der Waals surface area (Å²) >= 11 is 0. The van der Waals surface area contributed by atoms with Gasteiger partial charge in [0.2, 0.25) is 5.88 Å². The molecule has 0 spiro atoms. The van der Waals surface area contributed by atoms with Crippen LogP contribution in [-0.2, 0) is 16.6 Å². The second-order valence-electron chi connectivity index (χ2n) is 5.83. The fourth-order valence-electron chi connectivity index (χ4n) is 2.11. The van der Waals surface area contributed by atoms with Crippen molar-refractivity contribution in [1.82, 2.24) is 14.9 Å². The molecule has 0 unspecified atom stereocenters. The summed E-state index contributed by atoms with van der Waals surface area (Å²) < 4.78 is 39.3. The minimum absolute atomic E-state index is 0.0126. The average Bonchev–Trinajstić information content (AvgIpc) is 2.95. The number of nitrogens with zero attached hydrogens (tertiary/aromatic N) is 3. The van der Waals surface area contributed by atoms with Gasteiger partial charge >= 0.3 is 0 Å². The number of ether oxygens (including phenoxy) is 1. The Morgan fingerprint density at radius 3 is 2.81 bits per heavy atom. The van der Waals surface area contributed by atoms with Crippen LogP contribution in [0.25, 0.3) is 0 Å². The van der Waals surface area contributed by atoms with E-state index in [1.54, 1.807) is 11.6 Å². The van der Waals surface area contributed by atoms with Crippen molar-refractivity contribution in [1.29, 1.82) is 0 Å². The topological polar surface area (TPSA) is 99.3 Å². The molecule has 0 saturated heterocycles. The van der Waals surface area contributed by atoms with E-state index in [4.69, 9.17) is 9.26 Å². The van der Waals surface area contributed by atoms with E-state index in [2.05, 4.69) is 15.0 Å². The third kappa shape index (κ3) is 2.48. The maximum Gasteiger partial charge on any atom is 0.269 e. The van der Waals surface area contributed by atoms with Crippen molar-refractivity contribution in [2.45, 2.75) is 32.2 Å². The average molecular weight is 312 g/mol. The number of anilines is 1. The van der Waals surface area contributed by atoms with E-state index in [-0.39, 0.29) is 16.2 Å². The first kappa shape index (κ1) is 13.9. The van der Waals surface area contributed by atoms with Crippen molar-refractivity contribution >= 4 is 15.7 Å². The summed E-state index contributed by atoms with van der Waals surface area (Å²) in [6, 6.07) is 0. The van der Waals surface area contributed by atoms with Crippen LogP contribution in [0.3, 0.4) is 0 Å². The lowest BCUT2D eigenvalue weighted by molar-refractivity contribution is 0.0971. The molecule has 21 heavy (non-hydrogen) atoms. The fourth-order valence-corrected chi connectivity index (χ4v) is 3.29. The van der Waals surface area contributed by atoms with Crippen LogP contribution in [0.5, 0.6) is 5.88 Å². The first-order valence-corrected chi connectivity index (χ1v) is 7.89. The molecule has 0 bridgehead atoms. The van der Waals surface area contributed by atoms with Gasteiger partial charge in [0, 0.05) is 5.41 Å². The maximum atomic E-state index is 12.4. The van der Waals surface area contributed by atoms with E-state index in [9.17, 15) is 8.42 Å². The molecule has 0 fully saturated rings. The molecule has 1 N–H and O–H groups in total. The van der Waals surface area contributed by atoms with Crippen molar-refractivity contribution in [2.75, 3.05) is 11.3 Å². The second kappa shape index (κ2) is 4.48. The summed E-state index contributed by atoms with van der Waals surface area (Å²) in [4.78, 5) is 0.0126. The highest BCUT2D eigenvalue weighted by atomic mass is 32.2. The Kier molecular flexibility index (Phi) is 2.97. The van der Waals surface area contributed by atoms with E-state index in [0.717, 1.165) is 0 Å². The molecule has 2 aromatic rings. The Morgan fingerprint density at radius 2 is 2.14 bits per heavy atom. The molecule has 1 aliphatic rings. The van der Waals surface area contributed by atoms with Crippen molar-refractivity contribution in [3.05, 3.63) is 18.2 Å². The summed E-state index contributed by atoms with van der Waals surface area (Å²) in [6.45, 7) is 6.73. The van der Waals surface area contributed by atoms with Crippen LogP contribution in [-0.4, -0.2) is 30.0 Å². The molecule has 0 amide bonds. The van der Waals surface area contributed by atoms with Gasteiger partial charge in [-0.3, -0.25) is 4.72 Å². The molecule has 0 atom stereocenters. The van der Waals surface area contributed by atoms with Gasteiger partial charge in [0.15, 0.2) is 10.7 Å². The number of sulfonamides is 1. The largest absolute Gasteiger partial charge is 0.476 e. The summed E-state index contributed by atoms with van der Waals surface area (Å²) in [7, 11) is -3.80. The van der Waals surface area contributed by atoms with Crippen LogP contribution in [0.15, 0.2) is 21.8 Å². The Labute approximate surface area is 122 Å². The molecule has 114 valence electrons. The molecule has 2 aromatic heterocycles. The smallest absolute Gasteiger partial charge is 0.269 e. The molecular weight excluding hydrogens is 296 g/mol. The van der Waals surface area contributed by atoms with E-state index >= 15 is 0 Å². The minimum atomic E-state index is -3.80. The predicted octanol–water partition coefficient (Wildman–Crippen LogP) is 1.40. The second-order valence-corrected chi connectivity index (χ2v) is 7.48. The number of hydrogen-bond donors (Lipinski definition) is 1. The number of aryl methyl sites for hydroxylation is 1. The highest BCUT2D eigenvalue weighted by molar-refractivity contribution is 7.92. The number of fused-ring (bicyclic) bond motifs is 1. The molecule has 8 nitrogen and oxygen atoms in total. The zero-order chi connectivity index (χ0) is 15.3. The van der Waals surface area contributed by atoms with Gasteiger partial charge in [-0.2, -0.15) is 5.10 Å². The predicted molar refractivity (Wildman–Crippen MR) is 73.6 cm³/mol. The summed E-state index contributed by atoms with van der Waals surface area (Å²) in [6.07, 6.45) is 2.61. The molecule has 9 heteroatoms. The van der Waals surface area contributed by atoms with Gasteiger partial charge in [-0.1, -0.05) is 19.0 Å². The van der Waals surface area contributed by atoms with E-state index in [1.165, 1.54) is 12.4 Å². The number of rotatable bonds is 3. The van der Waals surface area contributed by atoms with Crippen LogP contribution in [0.2, 0.25) is 0 Å². The lowest BCUT2D eigenvalue weighted by Crippen LogP contribution is -2.33. The zero-order valence-electron chi connectivity index (χ0n) is 12.0. The Morgan fingerprint density at radius 1 is 1.38 bits per heavy atom. The molecular formula is C12H16N4O4S. The molecule has 0 radical (unpaired) electrons. The molecule has 3 heterocycles. The number of nitrogens with one attached hydrogen (secondary N) is 1. The van der Waals surface area contributed by atoms with Crippen LogP contribution in [0, 0.1) is 12.3 Å². The monoisotopic (exact) mass is 312 g/mol. The van der Waals surface area contributed by atoms with Gasteiger partial charge in [0.1, 0.15) is 5.69 Å². The van der Waals surface area contributed by atoms with Crippen molar-refractivity contribution in [2.24, 2.45) is 5.41 Å². The third-order valence-electron chi connectivity index (χ3n) is 3.22. The Balaban J connectivity index is 1.95. The highest BCUT2D eigenvalue weighted by Crippen LogP contribution is 2.33. The molecule has 1 aliphatic heterocycles. The lowest BCUT2D eigenvalue weighted by Gasteiger charge is -2.30. The Bertz CT molecular complexity index is 775. The first-order chi connectivity index (χ1) is 9.78. The first-order valence-electron chi connectivity index (χ1n) is 6.41. The van der Waals surface area contributed by atoms with Crippen LogP contribution >= 0.6 is 0 Å². The van der Waals surface area contributed by atoms with E-state index < -0.39 is 10.0 Å².